The predicted octanol–water partition coefficient (Wildman–Crippen LogP) is 4.38. The minimum Gasteiger partial charge on any atom is -0.494 e. The van der Waals surface area contributed by atoms with E-state index >= 15 is 0 Å². The van der Waals surface area contributed by atoms with Crippen molar-refractivity contribution in [1.29, 1.82) is 0 Å². The first-order valence-electron chi connectivity index (χ1n) is 8.71. The zero-order chi connectivity index (χ0) is 19.6. The van der Waals surface area contributed by atoms with E-state index in [1.54, 1.807) is 21.8 Å². The summed E-state index contributed by atoms with van der Waals surface area (Å²) < 4.78 is 20.9. The van der Waals surface area contributed by atoms with Gasteiger partial charge < -0.3 is 9.64 Å². The van der Waals surface area contributed by atoms with Gasteiger partial charge in [0.05, 0.1) is 30.3 Å². The maximum absolute atomic E-state index is 14.2. The number of carbonyl (C=O) groups excluding carboxylic acids is 1. The number of halogens is 1. The van der Waals surface area contributed by atoms with Crippen LogP contribution in [0.5, 0.6) is 5.75 Å². The number of anilines is 1. The van der Waals surface area contributed by atoms with Gasteiger partial charge in [0.2, 0.25) is 0 Å². The summed E-state index contributed by atoms with van der Waals surface area (Å²) in [4.78, 5) is 14.8. The van der Waals surface area contributed by atoms with Gasteiger partial charge in [-0.2, -0.15) is 5.10 Å². The molecule has 1 heterocycles. The number of aromatic nitrogens is 2. The molecule has 0 atom stereocenters. The first-order chi connectivity index (χ1) is 12.9. The molecule has 2 aromatic carbocycles. The summed E-state index contributed by atoms with van der Waals surface area (Å²) >= 11 is 0. The molecule has 3 aromatic rings. The van der Waals surface area contributed by atoms with Gasteiger partial charge in [0.1, 0.15) is 0 Å². The van der Waals surface area contributed by atoms with Gasteiger partial charge >= 0.3 is 0 Å². The fourth-order valence-corrected chi connectivity index (χ4v) is 3.03. The number of carbonyl (C=O) groups is 1. The molecule has 0 N–H and O–H groups in total. The number of nitrogens with zero attached hydrogens (tertiary/aromatic N) is 3. The molecule has 0 unspecified atom stereocenters. The zero-order valence-electron chi connectivity index (χ0n) is 15.8. The van der Waals surface area contributed by atoms with E-state index in [1.165, 1.54) is 19.2 Å². The summed E-state index contributed by atoms with van der Waals surface area (Å²) in [5.41, 5.74) is 2.55. The quantitative estimate of drug-likeness (QED) is 0.672. The molecule has 0 bridgehead atoms. The van der Waals surface area contributed by atoms with Crippen molar-refractivity contribution in [2.45, 2.75) is 26.8 Å². The van der Waals surface area contributed by atoms with Crippen LogP contribution in [-0.2, 0) is 0 Å². The molecular weight excluding hydrogens is 345 g/mol. The summed E-state index contributed by atoms with van der Waals surface area (Å²) in [5, 5.41) is 4.36. The second-order valence-electron chi connectivity index (χ2n) is 6.48. The van der Waals surface area contributed by atoms with Crippen molar-refractivity contribution in [2.75, 3.05) is 12.0 Å². The van der Waals surface area contributed by atoms with Crippen LogP contribution in [0.1, 0.15) is 29.9 Å². The van der Waals surface area contributed by atoms with Crippen LogP contribution >= 0.6 is 0 Å². The predicted molar refractivity (Wildman–Crippen MR) is 103 cm³/mol. The Bertz CT molecular complexity index is 951. The number of amides is 1. The Balaban J connectivity index is 2.00. The second kappa shape index (κ2) is 7.61. The van der Waals surface area contributed by atoms with Crippen molar-refractivity contribution in [1.82, 2.24) is 9.78 Å². The lowest BCUT2D eigenvalue weighted by atomic mass is 10.1. The van der Waals surface area contributed by atoms with Crippen LogP contribution in [0.15, 0.2) is 54.7 Å². The van der Waals surface area contributed by atoms with Crippen molar-refractivity contribution >= 4 is 11.6 Å². The Morgan fingerprint density at radius 2 is 1.89 bits per heavy atom. The number of rotatable bonds is 5. The van der Waals surface area contributed by atoms with Gasteiger partial charge in [-0.25, -0.2) is 9.07 Å². The lowest BCUT2D eigenvalue weighted by Gasteiger charge is -2.27. The Morgan fingerprint density at radius 1 is 1.19 bits per heavy atom. The highest BCUT2D eigenvalue weighted by Gasteiger charge is 2.25. The third-order valence-corrected chi connectivity index (χ3v) is 4.39. The van der Waals surface area contributed by atoms with Crippen LogP contribution in [0.2, 0.25) is 0 Å². The van der Waals surface area contributed by atoms with Crippen LogP contribution in [0.3, 0.4) is 0 Å². The van der Waals surface area contributed by atoms with E-state index in [0.29, 0.717) is 11.3 Å². The average Bonchev–Trinajstić information content (AvgIpc) is 3.04. The van der Waals surface area contributed by atoms with Gasteiger partial charge in [0.25, 0.3) is 5.91 Å². The smallest absolute Gasteiger partial charge is 0.261 e. The summed E-state index contributed by atoms with van der Waals surface area (Å²) in [7, 11) is 1.41. The Labute approximate surface area is 158 Å². The molecule has 1 amide bonds. The average molecular weight is 367 g/mol. The maximum atomic E-state index is 14.2. The van der Waals surface area contributed by atoms with Crippen molar-refractivity contribution in [3.8, 4) is 11.4 Å². The molecule has 0 fully saturated rings. The fourth-order valence-electron chi connectivity index (χ4n) is 3.03. The van der Waals surface area contributed by atoms with Gasteiger partial charge in [-0.05, 0) is 45.0 Å². The molecule has 0 radical (unpaired) electrons. The van der Waals surface area contributed by atoms with Gasteiger partial charge in [-0.15, -0.1) is 0 Å². The SMILES string of the molecule is COc1ccc(N(C(=O)c2cnn(-c3ccccc3)c2C)C(C)C)cc1F. The summed E-state index contributed by atoms with van der Waals surface area (Å²) in [6, 6.07) is 14.0. The third kappa shape index (κ3) is 3.56. The molecule has 0 saturated carbocycles. The molecule has 0 aliphatic carbocycles. The number of hydrogen-bond donors (Lipinski definition) is 0. The number of hydrogen-bond acceptors (Lipinski definition) is 3. The van der Waals surface area contributed by atoms with E-state index in [1.807, 2.05) is 51.1 Å². The lowest BCUT2D eigenvalue weighted by Crippen LogP contribution is -2.37. The molecule has 5 nitrogen and oxygen atoms in total. The summed E-state index contributed by atoms with van der Waals surface area (Å²) in [5.74, 6) is -0.595. The molecule has 140 valence electrons. The van der Waals surface area contributed by atoms with Crippen LogP contribution in [0, 0.1) is 12.7 Å². The molecule has 0 spiro atoms. The topological polar surface area (TPSA) is 47.4 Å². The van der Waals surface area contributed by atoms with E-state index in [-0.39, 0.29) is 17.7 Å². The number of methoxy groups -OCH3 is 1. The molecule has 3 rings (SSSR count). The first-order valence-corrected chi connectivity index (χ1v) is 8.71. The van der Waals surface area contributed by atoms with Crippen LogP contribution in [-0.4, -0.2) is 28.8 Å². The van der Waals surface area contributed by atoms with Crippen molar-refractivity contribution in [2.24, 2.45) is 0 Å². The number of para-hydroxylation sites is 1. The monoisotopic (exact) mass is 367 g/mol. The lowest BCUT2D eigenvalue weighted by molar-refractivity contribution is 0.0979. The third-order valence-electron chi connectivity index (χ3n) is 4.39. The van der Waals surface area contributed by atoms with Crippen molar-refractivity contribution in [3.63, 3.8) is 0 Å². The van der Waals surface area contributed by atoms with Crippen molar-refractivity contribution in [3.05, 3.63) is 71.8 Å². The standard InChI is InChI=1S/C21H22FN3O2/c1-14(2)24(17-10-11-20(27-4)19(22)12-17)21(26)18-13-23-25(15(18)3)16-8-6-5-7-9-16/h5-14H,1-4H3. The minimum absolute atomic E-state index is 0.142. The van der Waals surface area contributed by atoms with Crippen LogP contribution in [0.4, 0.5) is 10.1 Å². The highest BCUT2D eigenvalue weighted by atomic mass is 19.1. The van der Waals surface area contributed by atoms with Crippen LogP contribution < -0.4 is 9.64 Å². The molecular formula is C21H22FN3O2. The van der Waals surface area contributed by atoms with E-state index in [4.69, 9.17) is 4.74 Å². The molecule has 0 saturated heterocycles. The highest BCUT2D eigenvalue weighted by Crippen LogP contribution is 2.27. The van der Waals surface area contributed by atoms with E-state index < -0.39 is 5.82 Å². The second-order valence-corrected chi connectivity index (χ2v) is 6.48. The molecule has 1 aromatic heterocycles. The minimum atomic E-state index is -0.509. The van der Waals surface area contributed by atoms with E-state index in [9.17, 15) is 9.18 Å². The van der Waals surface area contributed by atoms with E-state index in [2.05, 4.69) is 5.10 Å². The summed E-state index contributed by atoms with van der Waals surface area (Å²) in [6.07, 6.45) is 1.56. The van der Waals surface area contributed by atoms with Gasteiger partial charge in [-0.1, -0.05) is 18.2 Å². The number of benzene rings is 2. The Kier molecular flexibility index (Phi) is 5.26. The maximum Gasteiger partial charge on any atom is 0.261 e. The van der Waals surface area contributed by atoms with Crippen molar-refractivity contribution < 1.29 is 13.9 Å². The first kappa shape index (κ1) is 18.6. The Hall–Kier alpha value is -3.15. The highest BCUT2D eigenvalue weighted by molar-refractivity contribution is 6.07. The summed E-state index contributed by atoms with van der Waals surface area (Å²) in [6.45, 7) is 5.62. The van der Waals surface area contributed by atoms with Gasteiger partial charge in [-0.3, -0.25) is 4.79 Å². The van der Waals surface area contributed by atoms with Crippen LogP contribution in [0.25, 0.3) is 5.69 Å². The molecule has 6 heteroatoms. The number of ether oxygens (including phenoxy) is 1. The zero-order valence-corrected chi connectivity index (χ0v) is 15.8. The Morgan fingerprint density at radius 3 is 2.48 bits per heavy atom. The molecule has 27 heavy (non-hydrogen) atoms. The largest absolute Gasteiger partial charge is 0.494 e. The molecule has 0 aliphatic heterocycles. The fraction of sp³-hybridized carbons (Fsp3) is 0.238. The normalized spacial score (nSPS) is 10.9. The van der Waals surface area contributed by atoms with Gasteiger partial charge in [0, 0.05) is 17.8 Å². The van der Waals surface area contributed by atoms with Gasteiger partial charge in [0.15, 0.2) is 11.6 Å². The molecule has 0 aliphatic rings. The van der Waals surface area contributed by atoms with E-state index in [0.717, 1.165) is 11.4 Å².